The molecule has 0 aliphatic carbocycles. The molecule has 0 aromatic carbocycles. The molecule has 254 valence electrons. The largest absolute Gasteiger partial charge is 0.394 e. The Morgan fingerprint density at radius 1 is 0.721 bits per heavy atom. The van der Waals surface area contributed by atoms with Crippen molar-refractivity contribution in [3.05, 3.63) is 0 Å². The number of amides is 3. The number of hydrogen-bond acceptors (Lipinski definition) is 7. The molecule has 5 atom stereocenters. The maximum Gasteiger partial charge on any atom is 0.319 e. The van der Waals surface area contributed by atoms with E-state index >= 15 is 0 Å². The third-order valence-electron chi connectivity index (χ3n) is 8.54. The van der Waals surface area contributed by atoms with Crippen LogP contribution in [0.2, 0.25) is 0 Å². The SMILES string of the molecule is CCCCCCCCCCCCNC(=O)N(CCCCCCCCCCCC)[C@@H]1O[C@H](CO)[C@@H](O)[C@H](O)[C@H]1NC(=O)CN. The zero-order valence-electron chi connectivity index (χ0n) is 27.4. The van der Waals surface area contributed by atoms with Gasteiger partial charge in [0, 0.05) is 13.1 Å². The highest BCUT2D eigenvalue weighted by molar-refractivity contribution is 5.78. The fraction of sp³-hybridized carbons (Fsp3) is 0.939. The first-order valence-electron chi connectivity index (χ1n) is 17.6. The molecule has 10 nitrogen and oxygen atoms in total. The summed E-state index contributed by atoms with van der Waals surface area (Å²) < 4.78 is 5.96. The van der Waals surface area contributed by atoms with E-state index in [9.17, 15) is 24.9 Å². The van der Waals surface area contributed by atoms with Crippen molar-refractivity contribution < 1.29 is 29.6 Å². The van der Waals surface area contributed by atoms with Crippen molar-refractivity contribution in [2.24, 2.45) is 5.73 Å². The molecule has 1 heterocycles. The Balaban J connectivity index is 2.68. The molecule has 1 aliphatic heterocycles. The third-order valence-corrected chi connectivity index (χ3v) is 8.54. The number of aliphatic hydroxyl groups is 3. The molecule has 1 rings (SSSR count). The van der Waals surface area contributed by atoms with Gasteiger partial charge in [0.05, 0.1) is 13.2 Å². The molecular weight excluding hydrogens is 548 g/mol. The minimum atomic E-state index is -1.43. The first-order chi connectivity index (χ1) is 20.9. The molecule has 0 spiro atoms. The smallest absolute Gasteiger partial charge is 0.319 e. The molecule has 0 bridgehead atoms. The Morgan fingerprint density at radius 3 is 1.65 bits per heavy atom. The molecule has 0 aromatic heterocycles. The number of carbonyl (C=O) groups excluding carboxylic acids is 2. The average molecular weight is 615 g/mol. The lowest BCUT2D eigenvalue weighted by molar-refractivity contribution is -0.224. The highest BCUT2D eigenvalue weighted by atomic mass is 16.5. The molecule has 0 unspecified atom stereocenters. The number of carbonyl (C=O) groups is 2. The van der Waals surface area contributed by atoms with Gasteiger partial charge in [-0.1, -0.05) is 129 Å². The number of nitrogens with zero attached hydrogens (tertiary/aromatic N) is 1. The van der Waals surface area contributed by atoms with Gasteiger partial charge in [-0.15, -0.1) is 0 Å². The van der Waals surface area contributed by atoms with E-state index in [2.05, 4.69) is 24.5 Å². The van der Waals surface area contributed by atoms with Crippen LogP contribution in [0.3, 0.4) is 0 Å². The van der Waals surface area contributed by atoms with Crippen molar-refractivity contribution in [2.75, 3.05) is 26.2 Å². The normalized spacial score (nSPS) is 22.0. The average Bonchev–Trinajstić information content (AvgIpc) is 3.01. The lowest BCUT2D eigenvalue weighted by Crippen LogP contribution is -2.69. The fourth-order valence-electron chi connectivity index (χ4n) is 5.79. The second-order valence-electron chi connectivity index (χ2n) is 12.3. The highest BCUT2D eigenvalue weighted by Gasteiger charge is 2.48. The van der Waals surface area contributed by atoms with Crippen molar-refractivity contribution in [1.29, 1.82) is 0 Å². The molecular formula is C33H66N4O6. The van der Waals surface area contributed by atoms with Crippen molar-refractivity contribution in [3.8, 4) is 0 Å². The van der Waals surface area contributed by atoms with Crippen LogP contribution in [0.1, 0.15) is 142 Å². The predicted octanol–water partition coefficient (Wildman–Crippen LogP) is 4.72. The topological polar surface area (TPSA) is 157 Å². The summed E-state index contributed by atoms with van der Waals surface area (Å²) in [4.78, 5) is 27.2. The summed E-state index contributed by atoms with van der Waals surface area (Å²) in [6, 6.07) is -1.43. The van der Waals surface area contributed by atoms with E-state index in [1.54, 1.807) is 0 Å². The number of nitrogens with one attached hydrogen (secondary N) is 2. The first-order valence-corrected chi connectivity index (χ1v) is 17.6. The molecule has 0 aromatic rings. The summed E-state index contributed by atoms with van der Waals surface area (Å²) in [5.41, 5.74) is 5.50. The van der Waals surface area contributed by atoms with Gasteiger partial charge in [0.1, 0.15) is 24.4 Å². The number of unbranched alkanes of at least 4 members (excludes halogenated alkanes) is 18. The first kappa shape index (κ1) is 39.6. The predicted molar refractivity (Wildman–Crippen MR) is 173 cm³/mol. The number of ether oxygens (including phenoxy) is 1. The van der Waals surface area contributed by atoms with Crippen LogP contribution < -0.4 is 16.4 Å². The van der Waals surface area contributed by atoms with E-state index in [0.29, 0.717) is 13.1 Å². The van der Waals surface area contributed by atoms with Gasteiger partial charge < -0.3 is 36.4 Å². The second-order valence-corrected chi connectivity index (χ2v) is 12.3. The van der Waals surface area contributed by atoms with Crippen molar-refractivity contribution in [1.82, 2.24) is 15.5 Å². The third kappa shape index (κ3) is 17.0. The molecule has 1 aliphatic rings. The lowest BCUT2D eigenvalue weighted by atomic mass is 9.95. The van der Waals surface area contributed by atoms with Crippen LogP contribution in [0.25, 0.3) is 0 Å². The number of hydrogen-bond donors (Lipinski definition) is 6. The van der Waals surface area contributed by atoms with E-state index in [1.807, 2.05) is 0 Å². The molecule has 7 N–H and O–H groups in total. The van der Waals surface area contributed by atoms with Gasteiger partial charge >= 0.3 is 6.03 Å². The van der Waals surface area contributed by atoms with Crippen molar-refractivity contribution in [3.63, 3.8) is 0 Å². The maximum absolute atomic E-state index is 13.5. The van der Waals surface area contributed by atoms with Crippen LogP contribution in [-0.2, 0) is 9.53 Å². The number of nitrogens with two attached hydrogens (primary N) is 1. The van der Waals surface area contributed by atoms with Crippen LogP contribution in [0.5, 0.6) is 0 Å². The van der Waals surface area contributed by atoms with Crippen LogP contribution >= 0.6 is 0 Å². The number of aliphatic hydroxyl groups excluding tert-OH is 3. The molecule has 3 amide bonds. The number of rotatable bonds is 26. The summed E-state index contributed by atoms with van der Waals surface area (Å²) in [6.07, 6.45) is 18.6. The zero-order chi connectivity index (χ0) is 31.7. The Kier molecular flexibility index (Phi) is 23.8. The van der Waals surface area contributed by atoms with E-state index in [1.165, 1.54) is 88.4 Å². The molecule has 43 heavy (non-hydrogen) atoms. The van der Waals surface area contributed by atoms with Crippen LogP contribution in [-0.4, -0.2) is 89.0 Å². The molecule has 1 saturated heterocycles. The van der Waals surface area contributed by atoms with E-state index in [-0.39, 0.29) is 12.6 Å². The lowest BCUT2D eigenvalue weighted by Gasteiger charge is -2.46. The monoisotopic (exact) mass is 614 g/mol. The van der Waals surface area contributed by atoms with Gasteiger partial charge in [-0.25, -0.2) is 4.79 Å². The maximum atomic E-state index is 13.5. The zero-order valence-corrected chi connectivity index (χ0v) is 27.4. The van der Waals surface area contributed by atoms with Crippen molar-refractivity contribution >= 4 is 11.9 Å². The fourth-order valence-corrected chi connectivity index (χ4v) is 5.79. The van der Waals surface area contributed by atoms with Crippen LogP contribution in [0, 0.1) is 0 Å². The van der Waals surface area contributed by atoms with Gasteiger partial charge in [0.25, 0.3) is 0 Å². The minimum Gasteiger partial charge on any atom is -0.394 e. The highest BCUT2D eigenvalue weighted by Crippen LogP contribution is 2.25. The van der Waals surface area contributed by atoms with Crippen LogP contribution in [0.4, 0.5) is 4.79 Å². The summed E-state index contributed by atoms with van der Waals surface area (Å²) in [7, 11) is 0. The van der Waals surface area contributed by atoms with Gasteiger partial charge in [-0.05, 0) is 12.8 Å². The molecule has 10 heteroatoms. The van der Waals surface area contributed by atoms with Crippen LogP contribution in [0.15, 0.2) is 0 Å². The summed E-state index contributed by atoms with van der Waals surface area (Å²) in [5, 5.41) is 36.7. The van der Waals surface area contributed by atoms with E-state index < -0.39 is 43.1 Å². The summed E-state index contributed by atoms with van der Waals surface area (Å²) in [5.74, 6) is -0.531. The Bertz CT molecular complexity index is 700. The molecule has 0 saturated carbocycles. The van der Waals surface area contributed by atoms with E-state index in [4.69, 9.17) is 10.5 Å². The van der Waals surface area contributed by atoms with Gasteiger partial charge in [-0.3, -0.25) is 9.69 Å². The summed E-state index contributed by atoms with van der Waals surface area (Å²) in [6.45, 7) is 4.50. The second kappa shape index (κ2) is 25.8. The minimum absolute atomic E-state index is 0.307. The Morgan fingerprint density at radius 2 is 1.19 bits per heavy atom. The standard InChI is InChI=1S/C33H66N4O6/c1-3-5-7-9-11-13-15-17-19-21-23-35-33(42)37(24-22-20-18-16-14-12-10-8-6-4-2)32-29(36-28(39)25-34)31(41)30(40)27(26-38)43-32/h27,29-32,38,40-41H,3-26,34H2,1-2H3,(H,35,42)(H,36,39)/t27-,29-,30-,31-,32-/m1/s1. The van der Waals surface area contributed by atoms with Gasteiger partial charge in [-0.2, -0.15) is 0 Å². The van der Waals surface area contributed by atoms with Gasteiger partial charge in [0.2, 0.25) is 5.91 Å². The number of urea groups is 1. The molecule has 0 radical (unpaired) electrons. The van der Waals surface area contributed by atoms with E-state index in [0.717, 1.165) is 44.9 Å². The summed E-state index contributed by atoms with van der Waals surface area (Å²) >= 11 is 0. The molecule has 1 fully saturated rings. The quantitative estimate of drug-likeness (QED) is 0.0770. The Hall–Kier alpha value is -1.46. The Labute approximate surface area is 261 Å². The van der Waals surface area contributed by atoms with Gasteiger partial charge in [0.15, 0.2) is 6.23 Å². The van der Waals surface area contributed by atoms with Crippen molar-refractivity contribution in [2.45, 2.75) is 173 Å².